The zero-order valence-corrected chi connectivity index (χ0v) is 13.7. The van der Waals surface area contributed by atoms with Gasteiger partial charge in [-0.3, -0.25) is 4.72 Å². The number of hydrogen-bond acceptors (Lipinski definition) is 4. The molecule has 0 aliphatic heterocycles. The van der Waals surface area contributed by atoms with Crippen LogP contribution < -0.4 is 4.72 Å². The number of carbonyl (C=O) groups excluding carboxylic acids is 1. The van der Waals surface area contributed by atoms with Gasteiger partial charge in [-0.25, -0.2) is 17.6 Å². The van der Waals surface area contributed by atoms with Crippen LogP contribution in [0, 0.1) is 5.82 Å². The minimum absolute atomic E-state index is 0.0204. The van der Waals surface area contributed by atoms with Crippen LogP contribution in [0.25, 0.3) is 0 Å². The Hall–Kier alpha value is -1.60. The minimum atomic E-state index is -5.15. The van der Waals surface area contributed by atoms with Crippen molar-refractivity contribution in [1.29, 1.82) is 0 Å². The van der Waals surface area contributed by atoms with Gasteiger partial charge in [0.2, 0.25) is 10.0 Å². The second kappa shape index (κ2) is 7.31. The summed E-state index contributed by atoms with van der Waals surface area (Å²) in [5.74, 6) is -1.92. The molecule has 2 rings (SSSR count). The number of anilines is 1. The van der Waals surface area contributed by atoms with Crippen molar-refractivity contribution in [2.45, 2.75) is 31.4 Å². The van der Waals surface area contributed by atoms with Gasteiger partial charge in [0, 0.05) is 2.74 Å². The SMILES string of the molecule is [2H]N(c1ccc(F)cc1Cl)S(=O)(=O)[C@@]1([2H])C(C(=O)OCC)=CCCC1([2H])[2H]. The molecule has 0 heterocycles. The molecule has 0 saturated carbocycles. The van der Waals surface area contributed by atoms with Crippen LogP contribution in [-0.2, 0) is 19.6 Å². The largest absolute Gasteiger partial charge is 0.463 e. The van der Waals surface area contributed by atoms with Crippen LogP contribution in [0.1, 0.15) is 30.3 Å². The molecule has 0 bridgehead atoms. The maximum Gasteiger partial charge on any atom is 0.335 e. The van der Waals surface area contributed by atoms with Gasteiger partial charge in [-0.15, -0.1) is 0 Å². The molecule has 23 heavy (non-hydrogen) atoms. The van der Waals surface area contributed by atoms with E-state index in [2.05, 4.69) is 0 Å². The highest BCUT2D eigenvalue weighted by Crippen LogP contribution is 2.30. The van der Waals surface area contributed by atoms with Gasteiger partial charge in [0.25, 0.3) is 0 Å². The Kier molecular flexibility index (Phi) is 4.06. The molecule has 0 amide bonds. The maximum absolute atomic E-state index is 13.2. The van der Waals surface area contributed by atoms with E-state index in [0.29, 0.717) is 0 Å². The number of nitrogens with one attached hydrogen (secondary N) is 1. The molecule has 1 N–H and O–H groups in total. The number of benzene rings is 1. The van der Waals surface area contributed by atoms with Crippen LogP contribution in [0.4, 0.5) is 10.1 Å². The molecule has 126 valence electrons. The van der Waals surface area contributed by atoms with E-state index >= 15 is 0 Å². The molecule has 1 aromatic carbocycles. The summed E-state index contributed by atoms with van der Waals surface area (Å²) in [5.41, 5.74) is -1.19. The Morgan fingerprint density at radius 3 is 3.04 bits per heavy atom. The van der Waals surface area contributed by atoms with Crippen molar-refractivity contribution in [2.75, 3.05) is 11.3 Å². The van der Waals surface area contributed by atoms with Crippen LogP contribution in [0.15, 0.2) is 29.8 Å². The highest BCUT2D eigenvalue weighted by molar-refractivity contribution is 7.93. The predicted molar refractivity (Wildman–Crippen MR) is 86.3 cm³/mol. The molecule has 1 aliphatic rings. The molecule has 8 heteroatoms. The van der Waals surface area contributed by atoms with Crippen molar-refractivity contribution in [3.8, 4) is 0 Å². The summed E-state index contributed by atoms with van der Waals surface area (Å²) in [5, 5.41) is -3.57. The van der Waals surface area contributed by atoms with Gasteiger partial charge < -0.3 is 4.74 Å². The molecule has 1 atom stereocenters. The molecular weight excluding hydrogens is 345 g/mol. The minimum Gasteiger partial charge on any atom is -0.463 e. The lowest BCUT2D eigenvalue weighted by Gasteiger charge is -2.24. The average Bonchev–Trinajstić information content (AvgIpc) is 2.56. The molecule has 0 radical (unpaired) electrons. The molecule has 0 saturated heterocycles. The molecule has 1 aromatic rings. The summed E-state index contributed by atoms with van der Waals surface area (Å²) in [7, 11) is -5.15. The first-order valence-electron chi connectivity index (χ1n) is 8.71. The molecule has 0 spiro atoms. The maximum atomic E-state index is 13.2. The molecule has 0 aromatic heterocycles. The fourth-order valence-corrected chi connectivity index (χ4v) is 3.43. The van der Waals surface area contributed by atoms with Crippen molar-refractivity contribution in [1.82, 2.24) is 0 Å². The summed E-state index contributed by atoms with van der Waals surface area (Å²) < 4.78 is 76.6. The van der Waals surface area contributed by atoms with Crippen LogP contribution >= 0.6 is 11.6 Å². The summed E-state index contributed by atoms with van der Waals surface area (Å²) >= 11 is 5.81. The summed E-state index contributed by atoms with van der Waals surface area (Å²) in [4.78, 5) is 12.2. The first-order valence-corrected chi connectivity index (χ1v) is 8.58. The highest BCUT2D eigenvalue weighted by atomic mass is 35.5. The smallest absolute Gasteiger partial charge is 0.335 e. The van der Waals surface area contributed by atoms with Gasteiger partial charge in [-0.05, 0) is 44.3 Å². The summed E-state index contributed by atoms with van der Waals surface area (Å²) in [6.07, 6.45) is -1.91. The fourth-order valence-electron chi connectivity index (χ4n) is 1.94. The van der Waals surface area contributed by atoms with Crippen LogP contribution in [-0.4, -0.2) is 26.2 Å². The van der Waals surface area contributed by atoms with E-state index in [-0.39, 0.29) is 24.2 Å². The van der Waals surface area contributed by atoms with Crippen molar-refractivity contribution in [2.24, 2.45) is 0 Å². The Labute approximate surface area is 145 Å². The predicted octanol–water partition coefficient (Wildman–Crippen LogP) is 3.26. The summed E-state index contributed by atoms with van der Waals surface area (Å²) in [6.45, 7) is 1.37. The zero-order valence-electron chi connectivity index (χ0n) is 16.2. The first-order chi connectivity index (χ1) is 12.4. The third kappa shape index (κ3) is 4.23. The van der Waals surface area contributed by atoms with E-state index in [1.807, 2.05) is 0 Å². The second-order valence-electron chi connectivity index (χ2n) is 4.54. The van der Waals surface area contributed by atoms with Crippen molar-refractivity contribution >= 4 is 33.3 Å². The zero-order chi connectivity index (χ0) is 20.6. The molecular formula is C15H17ClFNO4S. The van der Waals surface area contributed by atoms with Gasteiger partial charge in [-0.1, -0.05) is 17.7 Å². The van der Waals surface area contributed by atoms with E-state index in [0.717, 1.165) is 24.3 Å². The quantitative estimate of drug-likeness (QED) is 0.813. The van der Waals surface area contributed by atoms with Crippen molar-refractivity contribution in [3.63, 3.8) is 0 Å². The Bertz CT molecular complexity index is 896. The molecule has 0 fully saturated rings. The van der Waals surface area contributed by atoms with E-state index in [9.17, 15) is 17.6 Å². The molecule has 5 nitrogen and oxygen atoms in total. The summed E-state index contributed by atoms with van der Waals surface area (Å²) in [6, 6.07) is 2.56. The third-order valence-corrected chi connectivity index (χ3v) is 4.52. The van der Waals surface area contributed by atoms with Gasteiger partial charge >= 0.3 is 5.97 Å². The van der Waals surface area contributed by atoms with Gasteiger partial charge in [-0.2, -0.15) is 0 Å². The Balaban J connectivity index is 2.65. The number of rotatable bonds is 5. The second-order valence-corrected chi connectivity index (χ2v) is 6.49. The Morgan fingerprint density at radius 1 is 1.65 bits per heavy atom. The number of ether oxygens (including phenoxy) is 1. The number of esters is 1. The number of allylic oxidation sites excluding steroid dienone is 1. The highest BCUT2D eigenvalue weighted by Gasteiger charge is 2.35. The van der Waals surface area contributed by atoms with Crippen LogP contribution in [0.3, 0.4) is 0 Å². The van der Waals surface area contributed by atoms with Crippen LogP contribution in [0.5, 0.6) is 0 Å². The standard InChI is InChI=1S/C15H17ClFNO4S/c1-2-22-15(19)11-5-3-4-6-14(11)23(20,21)18-13-8-7-10(17)9-12(13)16/h5,7-9,14,18H,2-4,6H2,1H3/t14-/m1/s1/i6D2,14D/hD. The van der Waals surface area contributed by atoms with Crippen LogP contribution in [0.2, 0.25) is 6.43 Å². The third-order valence-electron chi connectivity index (χ3n) is 2.90. The van der Waals surface area contributed by atoms with E-state index in [1.54, 1.807) is 0 Å². The lowest BCUT2D eigenvalue weighted by molar-refractivity contribution is -0.138. The monoisotopic (exact) mass is 365 g/mol. The molecule has 1 aliphatic carbocycles. The normalized spacial score (nSPS) is 26.1. The number of hydrogen-bond donors (Lipinski definition) is 1. The number of carbonyl (C=O) groups is 1. The van der Waals surface area contributed by atoms with E-state index in [4.69, 9.17) is 21.9 Å². The molecule has 0 unspecified atom stereocenters. The van der Waals surface area contributed by atoms with Gasteiger partial charge in [0.1, 0.15) is 11.0 Å². The average molecular weight is 366 g/mol. The van der Waals surface area contributed by atoms with E-state index in [1.165, 1.54) is 6.92 Å². The fraction of sp³-hybridized carbons (Fsp3) is 0.400. The van der Waals surface area contributed by atoms with Crippen molar-refractivity contribution in [3.05, 3.63) is 40.7 Å². The lowest BCUT2D eigenvalue weighted by Crippen LogP contribution is -2.34. The van der Waals surface area contributed by atoms with Gasteiger partial charge in [0.05, 0.1) is 24.3 Å². The van der Waals surface area contributed by atoms with Crippen molar-refractivity contribution < 1.29 is 27.9 Å². The van der Waals surface area contributed by atoms with Gasteiger partial charge in [0.15, 0.2) is 1.41 Å². The number of halogens is 2. The topological polar surface area (TPSA) is 72.5 Å². The Morgan fingerprint density at radius 2 is 2.39 bits per heavy atom. The number of sulfonamides is 1. The lowest BCUT2D eigenvalue weighted by atomic mass is 9.99. The first kappa shape index (κ1) is 12.8. The van der Waals surface area contributed by atoms with E-state index < -0.39 is 49.7 Å².